The summed E-state index contributed by atoms with van der Waals surface area (Å²) in [6.07, 6.45) is 3.95. The van der Waals surface area contributed by atoms with Crippen molar-refractivity contribution in [2.24, 2.45) is 0 Å². The van der Waals surface area contributed by atoms with Crippen LogP contribution in [0.1, 0.15) is 44.6 Å². The first-order valence-electron chi connectivity index (χ1n) is 8.88. The first-order chi connectivity index (χ1) is 12.1. The lowest BCUT2D eigenvalue weighted by molar-refractivity contribution is -0.142. The van der Waals surface area contributed by atoms with Crippen molar-refractivity contribution in [2.75, 3.05) is 20.8 Å². The summed E-state index contributed by atoms with van der Waals surface area (Å²) in [7, 11) is 3.19. The van der Waals surface area contributed by atoms with Crippen LogP contribution in [0.5, 0.6) is 11.5 Å². The summed E-state index contributed by atoms with van der Waals surface area (Å²) in [5.74, 6) is 1.35. The highest BCUT2D eigenvalue weighted by molar-refractivity contribution is 5.87. The zero-order chi connectivity index (χ0) is 18.2. The zero-order valence-corrected chi connectivity index (χ0v) is 15.3. The molecule has 1 saturated heterocycles. The molecule has 0 radical (unpaired) electrons. The molecule has 1 heterocycles. The van der Waals surface area contributed by atoms with Crippen LogP contribution in [0.2, 0.25) is 0 Å². The molecule has 2 amide bonds. The van der Waals surface area contributed by atoms with Crippen molar-refractivity contribution >= 4 is 11.8 Å². The van der Waals surface area contributed by atoms with Crippen LogP contribution in [0.15, 0.2) is 18.2 Å². The summed E-state index contributed by atoms with van der Waals surface area (Å²) in [6.45, 7) is 3.01. The monoisotopic (exact) mass is 348 g/mol. The SMILES string of the molecule is CCCC(=O)N1CCCC[C@@H]1C(=O)NCc1ccc(OC)cc1OC. The predicted octanol–water partition coefficient (Wildman–Crippen LogP) is 2.50. The molecular formula is C19H28N2O4. The second kappa shape index (κ2) is 9.30. The van der Waals surface area contributed by atoms with Gasteiger partial charge in [-0.05, 0) is 37.8 Å². The predicted molar refractivity (Wildman–Crippen MR) is 95.7 cm³/mol. The average molecular weight is 348 g/mol. The molecule has 1 aliphatic rings. The van der Waals surface area contributed by atoms with Gasteiger partial charge in [0.05, 0.1) is 14.2 Å². The summed E-state index contributed by atoms with van der Waals surface area (Å²) >= 11 is 0. The van der Waals surface area contributed by atoms with Gasteiger partial charge in [0.15, 0.2) is 0 Å². The number of methoxy groups -OCH3 is 2. The zero-order valence-electron chi connectivity index (χ0n) is 15.3. The third-order valence-electron chi connectivity index (χ3n) is 4.54. The molecule has 0 unspecified atom stereocenters. The number of benzene rings is 1. The summed E-state index contributed by atoms with van der Waals surface area (Å²) < 4.78 is 10.5. The van der Waals surface area contributed by atoms with Crippen LogP contribution in [0.25, 0.3) is 0 Å². The fourth-order valence-corrected chi connectivity index (χ4v) is 3.16. The summed E-state index contributed by atoms with van der Waals surface area (Å²) in [6, 6.07) is 5.14. The van der Waals surface area contributed by atoms with Crippen molar-refractivity contribution in [3.8, 4) is 11.5 Å². The number of piperidine rings is 1. The molecule has 1 fully saturated rings. The Hall–Kier alpha value is -2.24. The molecule has 0 spiro atoms. The van der Waals surface area contributed by atoms with E-state index in [4.69, 9.17) is 9.47 Å². The normalized spacial score (nSPS) is 17.1. The largest absolute Gasteiger partial charge is 0.497 e. The molecule has 0 aliphatic carbocycles. The molecule has 0 aromatic heterocycles. The highest BCUT2D eigenvalue weighted by atomic mass is 16.5. The van der Waals surface area contributed by atoms with Crippen molar-refractivity contribution < 1.29 is 19.1 Å². The van der Waals surface area contributed by atoms with E-state index in [1.165, 1.54) is 0 Å². The maximum atomic E-state index is 12.6. The number of ether oxygens (including phenoxy) is 2. The molecule has 138 valence electrons. The van der Waals surface area contributed by atoms with E-state index in [0.29, 0.717) is 31.0 Å². The van der Waals surface area contributed by atoms with Gasteiger partial charge in [-0.1, -0.05) is 6.92 Å². The lowest BCUT2D eigenvalue weighted by Gasteiger charge is -2.34. The van der Waals surface area contributed by atoms with E-state index >= 15 is 0 Å². The lowest BCUT2D eigenvalue weighted by Crippen LogP contribution is -2.51. The molecule has 1 N–H and O–H groups in total. The number of rotatable bonds is 7. The molecule has 0 bridgehead atoms. The van der Waals surface area contributed by atoms with E-state index in [1.54, 1.807) is 25.2 Å². The first-order valence-corrected chi connectivity index (χ1v) is 8.88. The quantitative estimate of drug-likeness (QED) is 0.822. The van der Waals surface area contributed by atoms with Gasteiger partial charge in [0.1, 0.15) is 17.5 Å². The second-order valence-electron chi connectivity index (χ2n) is 6.24. The van der Waals surface area contributed by atoms with Gasteiger partial charge in [-0.25, -0.2) is 0 Å². The van der Waals surface area contributed by atoms with Crippen molar-refractivity contribution in [3.63, 3.8) is 0 Å². The van der Waals surface area contributed by atoms with Crippen LogP contribution in [-0.2, 0) is 16.1 Å². The molecule has 2 rings (SSSR count). The van der Waals surface area contributed by atoms with Crippen LogP contribution in [0.4, 0.5) is 0 Å². The van der Waals surface area contributed by atoms with Gasteiger partial charge in [-0.2, -0.15) is 0 Å². The number of carbonyl (C=O) groups excluding carboxylic acids is 2. The van der Waals surface area contributed by atoms with E-state index in [-0.39, 0.29) is 17.9 Å². The van der Waals surface area contributed by atoms with Crippen molar-refractivity contribution in [2.45, 2.75) is 51.6 Å². The van der Waals surface area contributed by atoms with E-state index in [2.05, 4.69) is 5.32 Å². The summed E-state index contributed by atoms with van der Waals surface area (Å²) in [5.41, 5.74) is 0.874. The highest BCUT2D eigenvalue weighted by Crippen LogP contribution is 2.25. The first kappa shape index (κ1) is 19.1. The lowest BCUT2D eigenvalue weighted by atomic mass is 10.0. The number of amides is 2. The van der Waals surface area contributed by atoms with Crippen LogP contribution in [0, 0.1) is 0 Å². The molecule has 1 aromatic carbocycles. The topological polar surface area (TPSA) is 67.9 Å². The maximum absolute atomic E-state index is 12.6. The fourth-order valence-electron chi connectivity index (χ4n) is 3.16. The summed E-state index contributed by atoms with van der Waals surface area (Å²) in [4.78, 5) is 26.7. The Labute approximate surface area is 149 Å². The molecule has 1 aromatic rings. The smallest absolute Gasteiger partial charge is 0.243 e. The van der Waals surface area contributed by atoms with Gasteiger partial charge in [0, 0.05) is 31.1 Å². The minimum Gasteiger partial charge on any atom is -0.497 e. The van der Waals surface area contributed by atoms with Crippen molar-refractivity contribution in [3.05, 3.63) is 23.8 Å². The number of carbonyl (C=O) groups is 2. The minimum absolute atomic E-state index is 0.0735. The van der Waals surface area contributed by atoms with Gasteiger partial charge in [-0.3, -0.25) is 9.59 Å². The molecule has 1 aliphatic heterocycles. The van der Waals surface area contributed by atoms with E-state index in [1.807, 2.05) is 19.1 Å². The maximum Gasteiger partial charge on any atom is 0.243 e. The molecule has 1 atom stereocenters. The van der Waals surface area contributed by atoms with Gasteiger partial charge in [-0.15, -0.1) is 0 Å². The van der Waals surface area contributed by atoms with E-state index < -0.39 is 0 Å². The highest BCUT2D eigenvalue weighted by Gasteiger charge is 2.31. The number of hydrogen-bond donors (Lipinski definition) is 1. The number of likely N-dealkylation sites (tertiary alicyclic amines) is 1. The standard InChI is InChI=1S/C19H28N2O4/c1-4-7-18(22)21-11-6-5-8-16(21)19(23)20-13-14-9-10-15(24-2)12-17(14)25-3/h9-10,12,16H,4-8,11,13H2,1-3H3,(H,20,23)/t16-/m1/s1. The fraction of sp³-hybridized carbons (Fsp3) is 0.579. The Bertz CT molecular complexity index is 603. The Morgan fingerprint density at radius 3 is 2.72 bits per heavy atom. The van der Waals surface area contributed by atoms with Crippen LogP contribution >= 0.6 is 0 Å². The number of nitrogens with zero attached hydrogens (tertiary/aromatic N) is 1. The Kier molecular flexibility index (Phi) is 7.10. The third kappa shape index (κ3) is 4.87. The van der Waals surface area contributed by atoms with Gasteiger partial charge in [0.2, 0.25) is 11.8 Å². The Balaban J connectivity index is 2.02. The van der Waals surface area contributed by atoms with E-state index in [9.17, 15) is 9.59 Å². The Morgan fingerprint density at radius 2 is 2.04 bits per heavy atom. The minimum atomic E-state index is -0.364. The number of nitrogens with one attached hydrogen (secondary N) is 1. The molecule has 0 saturated carbocycles. The van der Waals surface area contributed by atoms with Gasteiger partial charge >= 0.3 is 0 Å². The van der Waals surface area contributed by atoms with Crippen molar-refractivity contribution in [1.82, 2.24) is 10.2 Å². The summed E-state index contributed by atoms with van der Waals surface area (Å²) in [5, 5.41) is 2.95. The molecule has 25 heavy (non-hydrogen) atoms. The number of hydrogen-bond acceptors (Lipinski definition) is 4. The third-order valence-corrected chi connectivity index (χ3v) is 4.54. The van der Waals surface area contributed by atoms with Gasteiger partial charge in [0.25, 0.3) is 0 Å². The molecular weight excluding hydrogens is 320 g/mol. The van der Waals surface area contributed by atoms with Crippen LogP contribution in [-0.4, -0.2) is 43.5 Å². The second-order valence-corrected chi connectivity index (χ2v) is 6.24. The molecule has 6 heteroatoms. The average Bonchev–Trinajstić information content (AvgIpc) is 2.66. The van der Waals surface area contributed by atoms with E-state index in [0.717, 1.165) is 31.2 Å². The van der Waals surface area contributed by atoms with Gasteiger partial charge < -0.3 is 19.7 Å². The molecule has 6 nitrogen and oxygen atoms in total. The van der Waals surface area contributed by atoms with Crippen LogP contribution < -0.4 is 14.8 Å². The Morgan fingerprint density at radius 1 is 1.24 bits per heavy atom. The van der Waals surface area contributed by atoms with Crippen LogP contribution in [0.3, 0.4) is 0 Å². The van der Waals surface area contributed by atoms with Crippen molar-refractivity contribution in [1.29, 1.82) is 0 Å².